The van der Waals surface area contributed by atoms with Gasteiger partial charge in [0.1, 0.15) is 5.82 Å². The van der Waals surface area contributed by atoms with Crippen molar-refractivity contribution in [2.45, 2.75) is 13.8 Å². The van der Waals surface area contributed by atoms with E-state index in [9.17, 15) is 9.59 Å². The molecule has 0 aromatic carbocycles. The monoisotopic (exact) mass is 235 g/mol. The van der Waals surface area contributed by atoms with E-state index in [1.54, 1.807) is 13.1 Å². The summed E-state index contributed by atoms with van der Waals surface area (Å²) in [6.45, 7) is 4.78. The second-order valence-corrected chi connectivity index (χ2v) is 3.71. The van der Waals surface area contributed by atoms with E-state index in [2.05, 4.69) is 10.3 Å². The second kappa shape index (κ2) is 5.98. The maximum Gasteiger partial charge on any atom is 0.239 e. The highest BCUT2D eigenvalue weighted by molar-refractivity contribution is 5.81. The number of aldehydes is 1. The number of rotatable bonds is 5. The van der Waals surface area contributed by atoms with E-state index < -0.39 is 0 Å². The zero-order valence-electron chi connectivity index (χ0n) is 10.4. The highest BCUT2D eigenvalue weighted by atomic mass is 16.2. The molecule has 17 heavy (non-hydrogen) atoms. The molecule has 0 saturated carbocycles. The molecule has 92 valence electrons. The summed E-state index contributed by atoms with van der Waals surface area (Å²) >= 11 is 0. The zero-order chi connectivity index (χ0) is 12.8. The lowest BCUT2D eigenvalue weighted by Gasteiger charge is -2.22. The fourth-order valence-electron chi connectivity index (χ4n) is 1.57. The number of aromatic nitrogens is 1. The lowest BCUT2D eigenvalue weighted by atomic mass is 10.2. The molecule has 5 heteroatoms. The van der Waals surface area contributed by atoms with Gasteiger partial charge in [0.05, 0.1) is 6.54 Å². The van der Waals surface area contributed by atoms with Crippen LogP contribution in [0.1, 0.15) is 22.8 Å². The van der Waals surface area contributed by atoms with Gasteiger partial charge < -0.3 is 10.2 Å². The number of pyridine rings is 1. The molecule has 1 aromatic heterocycles. The second-order valence-electron chi connectivity index (χ2n) is 3.71. The number of anilines is 1. The summed E-state index contributed by atoms with van der Waals surface area (Å²) < 4.78 is 0. The molecule has 0 aliphatic carbocycles. The van der Waals surface area contributed by atoms with Crippen molar-refractivity contribution < 1.29 is 9.59 Å². The van der Waals surface area contributed by atoms with Gasteiger partial charge in [-0.1, -0.05) is 0 Å². The third-order valence-electron chi connectivity index (χ3n) is 2.50. The molecular weight excluding hydrogens is 218 g/mol. The van der Waals surface area contributed by atoms with Crippen LogP contribution in [0.3, 0.4) is 0 Å². The molecule has 5 nitrogen and oxygen atoms in total. The first-order chi connectivity index (χ1) is 8.12. The summed E-state index contributed by atoms with van der Waals surface area (Å²) in [6.07, 6.45) is 2.28. The number of likely N-dealkylation sites (N-methyl/N-ethyl adjacent to an activating group) is 2. The molecule has 0 atom stereocenters. The van der Waals surface area contributed by atoms with E-state index in [0.29, 0.717) is 12.1 Å². The van der Waals surface area contributed by atoms with Gasteiger partial charge in [0, 0.05) is 25.4 Å². The summed E-state index contributed by atoms with van der Waals surface area (Å²) in [4.78, 5) is 28.1. The van der Waals surface area contributed by atoms with Gasteiger partial charge in [-0.05, 0) is 25.5 Å². The number of nitrogens with one attached hydrogen (secondary N) is 1. The molecule has 1 aromatic rings. The van der Waals surface area contributed by atoms with Gasteiger partial charge in [-0.15, -0.1) is 0 Å². The van der Waals surface area contributed by atoms with Crippen LogP contribution < -0.4 is 10.2 Å². The number of hydrogen-bond donors (Lipinski definition) is 1. The van der Waals surface area contributed by atoms with Crippen LogP contribution >= 0.6 is 0 Å². The predicted octanol–water partition coefficient (Wildman–Crippen LogP) is 0.775. The van der Waals surface area contributed by atoms with Gasteiger partial charge in [-0.3, -0.25) is 9.59 Å². The maximum absolute atomic E-state index is 11.4. The quantitative estimate of drug-likeness (QED) is 0.766. The van der Waals surface area contributed by atoms with Gasteiger partial charge in [-0.2, -0.15) is 0 Å². The van der Waals surface area contributed by atoms with Crippen LogP contribution in [0.5, 0.6) is 0 Å². The number of hydrogen-bond acceptors (Lipinski definition) is 4. The number of amides is 1. The smallest absolute Gasteiger partial charge is 0.239 e. The van der Waals surface area contributed by atoms with Crippen molar-refractivity contribution in [1.29, 1.82) is 0 Å². The Labute approximate surface area is 101 Å². The minimum absolute atomic E-state index is 0.0625. The molecule has 0 fully saturated rings. The molecule has 0 bridgehead atoms. The molecule has 0 spiro atoms. The molecule has 0 unspecified atom stereocenters. The largest absolute Gasteiger partial charge is 0.358 e. The lowest BCUT2D eigenvalue weighted by Crippen LogP contribution is -2.36. The summed E-state index contributed by atoms with van der Waals surface area (Å²) in [6, 6.07) is 1.77. The summed E-state index contributed by atoms with van der Waals surface area (Å²) in [5.41, 5.74) is 1.43. The topological polar surface area (TPSA) is 62.3 Å². The van der Waals surface area contributed by atoms with Crippen LogP contribution in [0.4, 0.5) is 5.82 Å². The Morgan fingerprint density at radius 1 is 1.59 bits per heavy atom. The Kier molecular flexibility index (Phi) is 4.63. The Hall–Kier alpha value is -1.91. The standard InChI is InChI=1S/C12H17N3O2/c1-4-15(7-11(17)13-3)12-9(2)5-10(8-16)6-14-12/h5-6,8H,4,7H2,1-3H3,(H,13,17). The summed E-state index contributed by atoms with van der Waals surface area (Å²) in [7, 11) is 1.60. The first kappa shape index (κ1) is 13.2. The molecule has 0 radical (unpaired) electrons. The van der Waals surface area contributed by atoms with Crippen LogP contribution in [0.2, 0.25) is 0 Å². The fourth-order valence-corrected chi connectivity index (χ4v) is 1.57. The summed E-state index contributed by atoms with van der Waals surface area (Å²) in [5.74, 6) is 0.675. The molecule has 1 N–H and O–H groups in total. The van der Waals surface area contributed by atoms with Gasteiger partial charge in [0.25, 0.3) is 0 Å². The fraction of sp³-hybridized carbons (Fsp3) is 0.417. The number of carbonyl (C=O) groups excluding carboxylic acids is 2. The third-order valence-corrected chi connectivity index (χ3v) is 2.50. The number of carbonyl (C=O) groups is 2. The van der Waals surface area contributed by atoms with Crippen molar-refractivity contribution >= 4 is 18.0 Å². The van der Waals surface area contributed by atoms with Crippen LogP contribution in [-0.2, 0) is 4.79 Å². The molecule has 1 rings (SSSR count). The summed E-state index contributed by atoms with van der Waals surface area (Å²) in [5, 5.41) is 2.58. The Balaban J connectivity index is 2.95. The van der Waals surface area contributed by atoms with Crippen LogP contribution in [0, 0.1) is 6.92 Å². The van der Waals surface area contributed by atoms with Crippen molar-refractivity contribution in [3.63, 3.8) is 0 Å². The van der Waals surface area contributed by atoms with Crippen molar-refractivity contribution in [3.8, 4) is 0 Å². The van der Waals surface area contributed by atoms with Crippen molar-refractivity contribution in [1.82, 2.24) is 10.3 Å². The normalized spacial score (nSPS) is 9.82. The van der Waals surface area contributed by atoms with Gasteiger partial charge >= 0.3 is 0 Å². The van der Waals surface area contributed by atoms with Gasteiger partial charge in [-0.25, -0.2) is 4.98 Å². The minimum Gasteiger partial charge on any atom is -0.358 e. The van der Waals surface area contributed by atoms with E-state index in [-0.39, 0.29) is 12.5 Å². The average molecular weight is 235 g/mol. The number of aryl methyl sites for hydroxylation is 1. The average Bonchev–Trinajstić information content (AvgIpc) is 2.35. The third kappa shape index (κ3) is 3.27. The zero-order valence-corrected chi connectivity index (χ0v) is 10.4. The Bertz CT molecular complexity index is 418. The van der Waals surface area contributed by atoms with E-state index in [1.165, 1.54) is 6.20 Å². The highest BCUT2D eigenvalue weighted by Gasteiger charge is 2.12. The Morgan fingerprint density at radius 3 is 2.76 bits per heavy atom. The van der Waals surface area contributed by atoms with E-state index in [1.807, 2.05) is 18.7 Å². The molecule has 1 amide bonds. The molecule has 0 aliphatic heterocycles. The van der Waals surface area contributed by atoms with E-state index >= 15 is 0 Å². The molecule has 0 aliphatic rings. The number of nitrogens with zero attached hydrogens (tertiary/aromatic N) is 2. The predicted molar refractivity (Wildman–Crippen MR) is 66.3 cm³/mol. The molecular formula is C12H17N3O2. The van der Waals surface area contributed by atoms with Crippen molar-refractivity contribution in [3.05, 3.63) is 23.4 Å². The maximum atomic E-state index is 11.4. The van der Waals surface area contributed by atoms with Crippen LogP contribution in [0.25, 0.3) is 0 Å². The Morgan fingerprint density at radius 2 is 2.29 bits per heavy atom. The van der Waals surface area contributed by atoms with Crippen molar-refractivity contribution in [2.24, 2.45) is 0 Å². The first-order valence-corrected chi connectivity index (χ1v) is 5.49. The van der Waals surface area contributed by atoms with E-state index in [4.69, 9.17) is 0 Å². The van der Waals surface area contributed by atoms with Gasteiger partial charge in [0.15, 0.2) is 6.29 Å². The molecule has 1 heterocycles. The molecule has 0 saturated heterocycles. The van der Waals surface area contributed by atoms with E-state index in [0.717, 1.165) is 17.7 Å². The van der Waals surface area contributed by atoms with Crippen LogP contribution in [0.15, 0.2) is 12.3 Å². The van der Waals surface area contributed by atoms with Crippen molar-refractivity contribution in [2.75, 3.05) is 25.0 Å². The first-order valence-electron chi connectivity index (χ1n) is 5.49. The van der Waals surface area contributed by atoms with Gasteiger partial charge in [0.2, 0.25) is 5.91 Å². The SMILES string of the molecule is CCN(CC(=O)NC)c1ncc(C=O)cc1C. The minimum atomic E-state index is -0.0625. The van der Waals surface area contributed by atoms with Crippen LogP contribution in [-0.4, -0.2) is 37.3 Å². The highest BCUT2D eigenvalue weighted by Crippen LogP contribution is 2.16. The lowest BCUT2D eigenvalue weighted by molar-refractivity contribution is -0.119.